The van der Waals surface area contributed by atoms with Crippen LogP contribution in [0.15, 0.2) is 71.7 Å². The molecule has 1 saturated carbocycles. The van der Waals surface area contributed by atoms with Gasteiger partial charge in [0.2, 0.25) is 0 Å². The van der Waals surface area contributed by atoms with E-state index in [1.54, 1.807) is 11.8 Å². The minimum Gasteiger partial charge on any atom is -0.465 e. The van der Waals surface area contributed by atoms with Crippen LogP contribution in [0.2, 0.25) is 0 Å². The van der Waals surface area contributed by atoms with Crippen LogP contribution in [0.1, 0.15) is 46.1 Å². The lowest BCUT2D eigenvalue weighted by Crippen LogP contribution is -2.45. The maximum Gasteiger partial charge on any atom is 0.325 e. The molecule has 32 heavy (non-hydrogen) atoms. The lowest BCUT2D eigenvalue weighted by molar-refractivity contribution is -0.143. The zero-order valence-electron chi connectivity index (χ0n) is 17.9. The van der Waals surface area contributed by atoms with Crippen molar-refractivity contribution in [3.05, 3.63) is 88.3 Å². The first kappa shape index (κ1) is 20.6. The molecule has 0 atom stereocenters. The normalized spacial score (nSPS) is 15.9. The van der Waals surface area contributed by atoms with Gasteiger partial charge in [0.1, 0.15) is 11.5 Å². The third-order valence-electron chi connectivity index (χ3n) is 6.06. The van der Waals surface area contributed by atoms with Crippen LogP contribution in [0, 0.1) is 0 Å². The van der Waals surface area contributed by atoms with E-state index in [1.807, 2.05) is 60.7 Å². The third kappa shape index (κ3) is 3.86. The number of thiophene rings is 1. The van der Waals surface area contributed by atoms with Crippen molar-refractivity contribution in [3.63, 3.8) is 0 Å². The fourth-order valence-corrected chi connectivity index (χ4v) is 5.44. The molecule has 1 aromatic heterocycles. The first-order valence-electron chi connectivity index (χ1n) is 10.9. The van der Waals surface area contributed by atoms with Crippen molar-refractivity contribution in [1.29, 1.82) is 0 Å². The average molecular weight is 445 g/mol. The van der Waals surface area contributed by atoms with Crippen molar-refractivity contribution in [2.75, 3.05) is 19.7 Å². The quantitative estimate of drug-likeness (QED) is 0.399. The van der Waals surface area contributed by atoms with Gasteiger partial charge < -0.3 is 9.64 Å². The smallest absolute Gasteiger partial charge is 0.325 e. The Morgan fingerprint density at radius 3 is 2.25 bits per heavy atom. The van der Waals surface area contributed by atoms with Gasteiger partial charge in [0.25, 0.3) is 5.91 Å². The fourth-order valence-electron chi connectivity index (χ4n) is 4.32. The minimum atomic E-state index is -0.356. The highest BCUT2D eigenvalue weighted by molar-refractivity contribution is 7.18. The summed E-state index contributed by atoms with van der Waals surface area (Å²) in [6, 6.07) is 22.3. The molecule has 3 aromatic rings. The Kier molecular flexibility index (Phi) is 5.39. The average Bonchev–Trinajstić information content (AvgIpc) is 3.45. The molecule has 0 bridgehead atoms. The molecule has 1 aliphatic heterocycles. The van der Waals surface area contributed by atoms with Gasteiger partial charge in [0, 0.05) is 23.1 Å². The van der Waals surface area contributed by atoms with Gasteiger partial charge in [-0.3, -0.25) is 9.59 Å². The largest absolute Gasteiger partial charge is 0.465 e. The standard InChI is InChI=1S/C26H24N2O3S/c1-2-31-22(29)16-28-17-26(13-14-26)20-15-21(32-24(20)25(28)30)27-23(18-9-5-3-6-10-18)19-11-7-4-8-12-19/h3-12,15H,2,13-14,16-17H2,1H3. The van der Waals surface area contributed by atoms with Gasteiger partial charge >= 0.3 is 5.97 Å². The number of hydrogen-bond acceptors (Lipinski definition) is 5. The molecule has 1 aliphatic carbocycles. The second-order valence-electron chi connectivity index (χ2n) is 8.27. The number of hydrogen-bond donors (Lipinski definition) is 0. The number of fused-ring (bicyclic) bond motifs is 2. The van der Waals surface area contributed by atoms with Crippen LogP contribution in [0.5, 0.6) is 0 Å². The van der Waals surface area contributed by atoms with Gasteiger partial charge in [-0.25, -0.2) is 4.99 Å². The van der Waals surface area contributed by atoms with Gasteiger partial charge in [-0.05, 0) is 31.4 Å². The van der Waals surface area contributed by atoms with E-state index in [1.165, 1.54) is 11.3 Å². The van der Waals surface area contributed by atoms with Crippen LogP contribution in [0.25, 0.3) is 0 Å². The van der Waals surface area contributed by atoms with Crippen molar-refractivity contribution >= 4 is 33.9 Å². The van der Waals surface area contributed by atoms with Gasteiger partial charge in [-0.2, -0.15) is 0 Å². The maximum atomic E-state index is 13.2. The molecular weight excluding hydrogens is 420 g/mol. The molecule has 2 heterocycles. The Morgan fingerprint density at radius 2 is 1.69 bits per heavy atom. The van der Waals surface area contributed by atoms with Gasteiger partial charge in [0.15, 0.2) is 0 Å². The lowest BCUT2D eigenvalue weighted by atomic mass is 9.91. The highest BCUT2D eigenvalue weighted by atomic mass is 32.1. The van der Waals surface area contributed by atoms with Crippen LogP contribution in [0.3, 0.4) is 0 Å². The predicted octanol–water partition coefficient (Wildman–Crippen LogP) is 4.97. The molecule has 1 fully saturated rings. The van der Waals surface area contributed by atoms with E-state index in [2.05, 4.69) is 6.07 Å². The van der Waals surface area contributed by atoms with Crippen LogP contribution in [-0.4, -0.2) is 42.2 Å². The fraction of sp³-hybridized carbons (Fsp3) is 0.269. The molecule has 0 saturated heterocycles. The first-order valence-corrected chi connectivity index (χ1v) is 11.7. The summed E-state index contributed by atoms with van der Waals surface area (Å²) in [4.78, 5) is 32.6. The number of amides is 1. The van der Waals surface area contributed by atoms with E-state index >= 15 is 0 Å². The molecule has 5 nitrogen and oxygen atoms in total. The number of rotatable bonds is 6. The second-order valence-corrected chi connectivity index (χ2v) is 9.30. The Morgan fingerprint density at radius 1 is 1.06 bits per heavy atom. The van der Waals surface area contributed by atoms with Gasteiger partial charge in [-0.15, -0.1) is 11.3 Å². The Bertz CT molecular complexity index is 1140. The Hall–Kier alpha value is -3.25. The summed E-state index contributed by atoms with van der Waals surface area (Å²) in [6.07, 6.45) is 2.05. The Labute approximate surface area is 191 Å². The summed E-state index contributed by atoms with van der Waals surface area (Å²) < 4.78 is 5.07. The van der Waals surface area contributed by atoms with Crippen molar-refractivity contribution in [2.24, 2.45) is 4.99 Å². The van der Waals surface area contributed by atoms with E-state index in [-0.39, 0.29) is 23.8 Å². The first-order chi connectivity index (χ1) is 15.6. The zero-order valence-corrected chi connectivity index (χ0v) is 18.7. The monoisotopic (exact) mass is 444 g/mol. The Balaban J connectivity index is 1.53. The summed E-state index contributed by atoms with van der Waals surface area (Å²) in [5, 5.41) is 0.815. The van der Waals surface area contributed by atoms with E-state index < -0.39 is 0 Å². The molecule has 5 rings (SSSR count). The summed E-state index contributed by atoms with van der Waals surface area (Å²) in [7, 11) is 0. The highest BCUT2D eigenvalue weighted by Gasteiger charge is 2.52. The molecule has 0 N–H and O–H groups in total. The molecule has 2 aromatic carbocycles. The number of esters is 1. The molecule has 1 spiro atoms. The van der Waals surface area contributed by atoms with E-state index in [9.17, 15) is 9.59 Å². The topological polar surface area (TPSA) is 59.0 Å². The molecule has 0 radical (unpaired) electrons. The van der Waals surface area contributed by atoms with E-state index in [0.29, 0.717) is 18.0 Å². The zero-order chi connectivity index (χ0) is 22.1. The van der Waals surface area contributed by atoms with E-state index in [0.717, 1.165) is 40.2 Å². The molecule has 2 aliphatic rings. The number of benzene rings is 2. The van der Waals surface area contributed by atoms with Crippen molar-refractivity contribution in [3.8, 4) is 0 Å². The van der Waals surface area contributed by atoms with Crippen LogP contribution >= 0.6 is 11.3 Å². The van der Waals surface area contributed by atoms with Crippen LogP contribution < -0.4 is 0 Å². The van der Waals surface area contributed by atoms with Gasteiger partial charge in [0.05, 0.1) is 17.2 Å². The number of carbonyl (C=O) groups is 2. The van der Waals surface area contributed by atoms with Crippen LogP contribution in [-0.2, 0) is 14.9 Å². The summed E-state index contributed by atoms with van der Waals surface area (Å²) >= 11 is 1.42. The SMILES string of the molecule is CCOC(=O)CN1CC2(CC2)c2cc(N=C(c3ccccc3)c3ccccc3)sc2C1=O. The molecule has 6 heteroatoms. The number of carbonyl (C=O) groups excluding carboxylic acids is 2. The molecule has 162 valence electrons. The molecular formula is C26H24N2O3S. The molecule has 1 amide bonds. The van der Waals surface area contributed by atoms with Crippen molar-refractivity contribution in [2.45, 2.75) is 25.2 Å². The second kappa shape index (κ2) is 8.36. The minimum absolute atomic E-state index is 0.00362. The predicted molar refractivity (Wildman–Crippen MR) is 126 cm³/mol. The summed E-state index contributed by atoms with van der Waals surface area (Å²) in [6.45, 7) is 2.67. The van der Waals surface area contributed by atoms with Crippen molar-refractivity contribution < 1.29 is 14.3 Å². The number of aliphatic imine (C=N–C) groups is 1. The number of nitrogens with zero attached hydrogens (tertiary/aromatic N) is 2. The summed E-state index contributed by atoms with van der Waals surface area (Å²) in [5.74, 6) is -0.455. The van der Waals surface area contributed by atoms with Crippen molar-refractivity contribution in [1.82, 2.24) is 4.90 Å². The summed E-state index contributed by atoms with van der Waals surface area (Å²) in [5.41, 5.74) is 3.99. The third-order valence-corrected chi connectivity index (χ3v) is 7.08. The maximum absolute atomic E-state index is 13.2. The van der Waals surface area contributed by atoms with Crippen LogP contribution in [0.4, 0.5) is 5.00 Å². The van der Waals surface area contributed by atoms with E-state index in [4.69, 9.17) is 9.73 Å². The highest BCUT2D eigenvalue weighted by Crippen LogP contribution is 2.55. The lowest BCUT2D eigenvalue weighted by Gasteiger charge is -2.31. The van der Waals surface area contributed by atoms with Gasteiger partial charge in [-0.1, -0.05) is 60.7 Å². The molecule has 0 unspecified atom stereocenters. The number of ether oxygens (including phenoxy) is 1.